The second-order valence-corrected chi connectivity index (χ2v) is 7.70. The van der Waals surface area contributed by atoms with E-state index in [0.717, 1.165) is 54.9 Å². The highest BCUT2D eigenvalue weighted by Crippen LogP contribution is 2.20. The lowest BCUT2D eigenvalue weighted by Gasteiger charge is -2.36. The summed E-state index contributed by atoms with van der Waals surface area (Å²) in [5.41, 5.74) is 3.87. The summed E-state index contributed by atoms with van der Waals surface area (Å²) in [5.74, 6) is 0.181. The van der Waals surface area contributed by atoms with Crippen LogP contribution in [0.5, 0.6) is 0 Å². The molecule has 1 fully saturated rings. The molecule has 1 heterocycles. The van der Waals surface area contributed by atoms with Crippen molar-refractivity contribution >= 4 is 23.2 Å². The molecule has 0 atom stereocenters. The van der Waals surface area contributed by atoms with Crippen LogP contribution in [0, 0.1) is 6.92 Å². The van der Waals surface area contributed by atoms with E-state index in [0.29, 0.717) is 19.5 Å². The lowest BCUT2D eigenvalue weighted by molar-refractivity contribution is -0.116. The van der Waals surface area contributed by atoms with Crippen molar-refractivity contribution in [3.8, 4) is 0 Å². The fourth-order valence-electron chi connectivity index (χ4n) is 3.56. The Balaban J connectivity index is 1.49. The highest BCUT2D eigenvalue weighted by molar-refractivity contribution is 5.94. The molecular formula is C24H31N3O2. The van der Waals surface area contributed by atoms with Gasteiger partial charge >= 0.3 is 0 Å². The molecule has 29 heavy (non-hydrogen) atoms. The second-order valence-electron chi connectivity index (χ2n) is 7.70. The molecule has 1 aliphatic heterocycles. The summed E-state index contributed by atoms with van der Waals surface area (Å²) in [6, 6.07) is 15.8. The summed E-state index contributed by atoms with van der Waals surface area (Å²) in [7, 11) is 0. The maximum absolute atomic E-state index is 12.7. The minimum Gasteiger partial charge on any atom is -0.368 e. The average Bonchev–Trinajstić information content (AvgIpc) is 2.75. The van der Waals surface area contributed by atoms with Gasteiger partial charge in [0.05, 0.1) is 0 Å². The smallest absolute Gasteiger partial charge is 0.253 e. The van der Waals surface area contributed by atoms with Gasteiger partial charge in [-0.1, -0.05) is 37.5 Å². The Morgan fingerprint density at radius 1 is 0.897 bits per heavy atom. The largest absolute Gasteiger partial charge is 0.368 e. The summed E-state index contributed by atoms with van der Waals surface area (Å²) < 4.78 is 0. The van der Waals surface area contributed by atoms with E-state index in [2.05, 4.69) is 17.1 Å². The van der Waals surface area contributed by atoms with E-state index in [1.165, 1.54) is 0 Å². The Hall–Kier alpha value is -2.82. The molecule has 1 saturated heterocycles. The van der Waals surface area contributed by atoms with Crippen LogP contribution in [0.15, 0.2) is 48.5 Å². The molecule has 2 amide bonds. The van der Waals surface area contributed by atoms with Gasteiger partial charge in [0.2, 0.25) is 5.91 Å². The number of unbranched alkanes of at least 4 members (excludes halogenated alkanes) is 2. The standard InChI is InChI=1S/C24H31N3O2/c1-3-4-5-6-23(28)25-21-11-13-22(14-12-21)26-15-17-27(18-16-26)24(29)20-9-7-19(2)8-10-20/h7-14H,3-6,15-18H2,1-2H3,(H,25,28). The number of carbonyl (C=O) groups excluding carboxylic acids is 2. The quantitative estimate of drug-likeness (QED) is 0.706. The predicted molar refractivity (Wildman–Crippen MR) is 119 cm³/mol. The van der Waals surface area contributed by atoms with E-state index in [9.17, 15) is 9.59 Å². The third-order valence-electron chi connectivity index (χ3n) is 5.39. The predicted octanol–water partition coefficient (Wildman–Crippen LogP) is 4.48. The Morgan fingerprint density at radius 3 is 2.17 bits per heavy atom. The summed E-state index contributed by atoms with van der Waals surface area (Å²) in [6.07, 6.45) is 3.72. The second kappa shape index (κ2) is 10.1. The molecular weight excluding hydrogens is 362 g/mol. The van der Waals surface area contributed by atoms with E-state index in [-0.39, 0.29) is 11.8 Å². The number of carbonyl (C=O) groups is 2. The van der Waals surface area contributed by atoms with Crippen LogP contribution in [0.4, 0.5) is 11.4 Å². The van der Waals surface area contributed by atoms with Crippen molar-refractivity contribution < 1.29 is 9.59 Å². The van der Waals surface area contributed by atoms with Crippen molar-refractivity contribution in [1.82, 2.24) is 4.90 Å². The van der Waals surface area contributed by atoms with Crippen molar-refractivity contribution in [3.05, 3.63) is 59.7 Å². The van der Waals surface area contributed by atoms with Crippen molar-refractivity contribution in [2.24, 2.45) is 0 Å². The number of nitrogens with zero attached hydrogens (tertiary/aromatic N) is 2. The molecule has 5 nitrogen and oxygen atoms in total. The lowest BCUT2D eigenvalue weighted by atomic mass is 10.1. The van der Waals surface area contributed by atoms with Crippen LogP contribution >= 0.6 is 0 Å². The monoisotopic (exact) mass is 393 g/mol. The molecule has 0 radical (unpaired) electrons. The molecule has 2 aromatic carbocycles. The lowest BCUT2D eigenvalue weighted by Crippen LogP contribution is -2.48. The van der Waals surface area contributed by atoms with Crippen LogP contribution in [0.1, 0.15) is 48.5 Å². The van der Waals surface area contributed by atoms with Crippen LogP contribution in [-0.2, 0) is 4.79 Å². The molecule has 0 aromatic heterocycles. The summed E-state index contributed by atoms with van der Waals surface area (Å²) >= 11 is 0. The van der Waals surface area contributed by atoms with Gasteiger partial charge in [-0.3, -0.25) is 9.59 Å². The number of nitrogens with one attached hydrogen (secondary N) is 1. The van der Waals surface area contributed by atoms with E-state index >= 15 is 0 Å². The number of piperazine rings is 1. The van der Waals surface area contributed by atoms with E-state index in [4.69, 9.17) is 0 Å². The number of rotatable bonds is 7. The number of amides is 2. The maximum atomic E-state index is 12.7. The van der Waals surface area contributed by atoms with Crippen molar-refractivity contribution in [3.63, 3.8) is 0 Å². The number of hydrogen-bond donors (Lipinski definition) is 1. The zero-order chi connectivity index (χ0) is 20.6. The zero-order valence-corrected chi connectivity index (χ0v) is 17.5. The third kappa shape index (κ3) is 5.83. The van der Waals surface area contributed by atoms with Crippen LogP contribution in [0.25, 0.3) is 0 Å². The van der Waals surface area contributed by atoms with Gasteiger partial charge in [-0.05, 0) is 49.7 Å². The molecule has 154 valence electrons. The topological polar surface area (TPSA) is 52.7 Å². The number of hydrogen-bond acceptors (Lipinski definition) is 3. The maximum Gasteiger partial charge on any atom is 0.253 e. The fraction of sp³-hybridized carbons (Fsp3) is 0.417. The molecule has 0 spiro atoms. The number of anilines is 2. The molecule has 3 rings (SSSR count). The van der Waals surface area contributed by atoms with E-state index < -0.39 is 0 Å². The van der Waals surface area contributed by atoms with E-state index in [1.807, 2.05) is 60.4 Å². The first-order chi connectivity index (χ1) is 14.1. The Bertz CT molecular complexity index is 807. The van der Waals surface area contributed by atoms with Gasteiger partial charge in [-0.15, -0.1) is 0 Å². The van der Waals surface area contributed by atoms with Gasteiger partial charge in [0.15, 0.2) is 0 Å². The fourth-order valence-corrected chi connectivity index (χ4v) is 3.56. The van der Waals surface area contributed by atoms with E-state index in [1.54, 1.807) is 0 Å². The minimum absolute atomic E-state index is 0.0782. The van der Waals surface area contributed by atoms with Gasteiger partial charge in [-0.25, -0.2) is 0 Å². The van der Waals surface area contributed by atoms with Gasteiger partial charge in [0.1, 0.15) is 0 Å². The van der Waals surface area contributed by atoms with Gasteiger partial charge < -0.3 is 15.1 Å². The first-order valence-electron chi connectivity index (χ1n) is 10.6. The summed E-state index contributed by atoms with van der Waals surface area (Å²) in [6.45, 7) is 7.19. The van der Waals surface area contributed by atoms with Gasteiger partial charge in [0.25, 0.3) is 5.91 Å². The van der Waals surface area contributed by atoms with Crippen LogP contribution in [-0.4, -0.2) is 42.9 Å². The van der Waals surface area contributed by atoms with Crippen molar-refractivity contribution in [2.45, 2.75) is 39.5 Å². The molecule has 1 aliphatic rings. The first kappa shape index (κ1) is 20.9. The normalized spacial score (nSPS) is 14.0. The molecule has 0 unspecified atom stereocenters. The first-order valence-corrected chi connectivity index (χ1v) is 10.6. The highest BCUT2D eigenvalue weighted by atomic mass is 16.2. The van der Waals surface area contributed by atoms with Crippen molar-refractivity contribution in [1.29, 1.82) is 0 Å². The van der Waals surface area contributed by atoms with Crippen LogP contribution in [0.2, 0.25) is 0 Å². The van der Waals surface area contributed by atoms with Gasteiger partial charge in [-0.2, -0.15) is 0 Å². The molecule has 0 bridgehead atoms. The minimum atomic E-state index is 0.0782. The molecule has 0 aliphatic carbocycles. The highest BCUT2D eigenvalue weighted by Gasteiger charge is 2.22. The average molecular weight is 394 g/mol. The molecule has 1 N–H and O–H groups in total. The third-order valence-corrected chi connectivity index (χ3v) is 5.39. The van der Waals surface area contributed by atoms with Crippen LogP contribution < -0.4 is 10.2 Å². The molecule has 5 heteroatoms. The van der Waals surface area contributed by atoms with Gasteiger partial charge in [0, 0.05) is 49.5 Å². The summed E-state index contributed by atoms with van der Waals surface area (Å²) in [4.78, 5) is 28.8. The Labute approximate surface area is 173 Å². The Morgan fingerprint density at radius 2 is 1.55 bits per heavy atom. The number of benzene rings is 2. The zero-order valence-electron chi connectivity index (χ0n) is 17.5. The Kier molecular flexibility index (Phi) is 7.28. The number of aryl methyl sites for hydroxylation is 1. The van der Waals surface area contributed by atoms with Crippen LogP contribution in [0.3, 0.4) is 0 Å². The molecule has 2 aromatic rings. The summed E-state index contributed by atoms with van der Waals surface area (Å²) in [5, 5.41) is 2.96. The molecule has 0 saturated carbocycles. The van der Waals surface area contributed by atoms with Crippen molar-refractivity contribution in [2.75, 3.05) is 36.4 Å². The SMILES string of the molecule is CCCCCC(=O)Nc1ccc(N2CCN(C(=O)c3ccc(C)cc3)CC2)cc1.